The molecule has 0 unspecified atom stereocenters. The Hall–Kier alpha value is -2.29. The van der Waals surface area contributed by atoms with E-state index in [2.05, 4.69) is 67.2 Å². The van der Waals surface area contributed by atoms with Gasteiger partial charge < -0.3 is 4.90 Å². The zero-order valence-corrected chi connectivity index (χ0v) is 12.8. The van der Waals surface area contributed by atoms with E-state index in [9.17, 15) is 0 Å². The van der Waals surface area contributed by atoms with E-state index in [4.69, 9.17) is 0 Å². The molecule has 0 radical (unpaired) electrons. The SMILES string of the molecule is CC(C)(C)c1ccc(N2CN(c3ccccc3)C=N2)cc1. The predicted molar refractivity (Wildman–Crippen MR) is 89.9 cm³/mol. The fraction of sp³-hybridized carbons (Fsp3) is 0.278. The van der Waals surface area contributed by atoms with E-state index < -0.39 is 0 Å². The first-order valence-electron chi connectivity index (χ1n) is 7.28. The maximum absolute atomic E-state index is 4.49. The first-order chi connectivity index (χ1) is 10.0. The lowest BCUT2D eigenvalue weighted by molar-refractivity contribution is 0.590. The molecule has 2 aromatic carbocycles. The summed E-state index contributed by atoms with van der Waals surface area (Å²) in [5, 5.41) is 6.50. The number of para-hydroxylation sites is 1. The third kappa shape index (κ3) is 2.92. The Morgan fingerprint density at radius 1 is 0.857 bits per heavy atom. The van der Waals surface area contributed by atoms with Crippen molar-refractivity contribution in [2.75, 3.05) is 16.6 Å². The van der Waals surface area contributed by atoms with E-state index >= 15 is 0 Å². The second kappa shape index (κ2) is 5.24. The molecule has 1 aliphatic rings. The van der Waals surface area contributed by atoms with Gasteiger partial charge in [0.05, 0.1) is 5.69 Å². The molecule has 0 amide bonds. The van der Waals surface area contributed by atoms with Crippen molar-refractivity contribution in [2.24, 2.45) is 5.10 Å². The van der Waals surface area contributed by atoms with Gasteiger partial charge in [0.2, 0.25) is 0 Å². The number of nitrogens with zero attached hydrogens (tertiary/aromatic N) is 3. The molecule has 0 bridgehead atoms. The Balaban J connectivity index is 1.74. The van der Waals surface area contributed by atoms with Crippen LogP contribution in [0.4, 0.5) is 11.4 Å². The standard InChI is InChI=1S/C18H21N3/c1-18(2,3)15-9-11-17(12-10-15)21-14-20(13-19-21)16-7-5-4-6-8-16/h4-13H,14H2,1-3H3. The molecule has 3 nitrogen and oxygen atoms in total. The normalized spacial score (nSPS) is 14.8. The number of anilines is 2. The molecule has 0 atom stereocenters. The van der Waals surface area contributed by atoms with Crippen LogP contribution in [0.2, 0.25) is 0 Å². The van der Waals surface area contributed by atoms with Gasteiger partial charge in [0.25, 0.3) is 0 Å². The topological polar surface area (TPSA) is 18.8 Å². The Labute approximate surface area is 126 Å². The molecule has 0 aromatic heterocycles. The van der Waals surface area contributed by atoms with E-state index in [1.807, 2.05) is 29.5 Å². The lowest BCUT2D eigenvalue weighted by atomic mass is 9.87. The van der Waals surface area contributed by atoms with Crippen LogP contribution in [0, 0.1) is 0 Å². The minimum Gasteiger partial charge on any atom is -0.311 e. The first kappa shape index (κ1) is 13.7. The van der Waals surface area contributed by atoms with Crippen molar-refractivity contribution in [3.05, 3.63) is 60.2 Å². The van der Waals surface area contributed by atoms with Crippen LogP contribution in [-0.2, 0) is 5.41 Å². The maximum Gasteiger partial charge on any atom is 0.118 e. The Bertz CT molecular complexity index is 624. The molecule has 1 heterocycles. The van der Waals surface area contributed by atoms with E-state index in [0.29, 0.717) is 0 Å². The molecule has 3 rings (SSSR count). The van der Waals surface area contributed by atoms with Gasteiger partial charge in [-0.15, -0.1) is 0 Å². The number of hydrazone groups is 1. The van der Waals surface area contributed by atoms with E-state index in [1.165, 1.54) is 5.56 Å². The van der Waals surface area contributed by atoms with Crippen molar-refractivity contribution in [1.29, 1.82) is 0 Å². The fourth-order valence-electron chi connectivity index (χ4n) is 2.39. The van der Waals surface area contributed by atoms with E-state index in [1.54, 1.807) is 0 Å². The van der Waals surface area contributed by atoms with Crippen LogP contribution in [0.3, 0.4) is 0 Å². The first-order valence-corrected chi connectivity index (χ1v) is 7.28. The summed E-state index contributed by atoms with van der Waals surface area (Å²) in [4.78, 5) is 2.14. The van der Waals surface area contributed by atoms with Gasteiger partial charge in [0, 0.05) is 5.69 Å². The third-order valence-corrected chi connectivity index (χ3v) is 3.74. The molecule has 0 spiro atoms. The van der Waals surface area contributed by atoms with Gasteiger partial charge in [-0.05, 0) is 35.2 Å². The largest absolute Gasteiger partial charge is 0.311 e. The molecule has 0 saturated carbocycles. The van der Waals surface area contributed by atoms with Gasteiger partial charge in [-0.25, -0.2) is 5.01 Å². The van der Waals surface area contributed by atoms with Crippen LogP contribution in [-0.4, -0.2) is 13.0 Å². The third-order valence-electron chi connectivity index (χ3n) is 3.74. The summed E-state index contributed by atoms with van der Waals surface area (Å²) in [5.41, 5.74) is 3.81. The summed E-state index contributed by atoms with van der Waals surface area (Å²) in [7, 11) is 0. The molecule has 0 N–H and O–H groups in total. The quantitative estimate of drug-likeness (QED) is 0.820. The minimum atomic E-state index is 0.183. The molecule has 1 aliphatic heterocycles. The summed E-state index contributed by atoms with van der Waals surface area (Å²) < 4.78 is 0. The number of rotatable bonds is 2. The van der Waals surface area contributed by atoms with Crippen molar-refractivity contribution in [1.82, 2.24) is 0 Å². The smallest absolute Gasteiger partial charge is 0.118 e. The molecular formula is C18H21N3. The number of hydrogen-bond donors (Lipinski definition) is 0. The van der Waals surface area contributed by atoms with Crippen molar-refractivity contribution < 1.29 is 0 Å². The average Bonchev–Trinajstić information content (AvgIpc) is 2.97. The van der Waals surface area contributed by atoms with Crippen LogP contribution >= 0.6 is 0 Å². The van der Waals surface area contributed by atoms with Crippen LogP contribution in [0.25, 0.3) is 0 Å². The lowest BCUT2D eigenvalue weighted by Gasteiger charge is -2.22. The zero-order valence-electron chi connectivity index (χ0n) is 12.8. The second-order valence-electron chi connectivity index (χ2n) is 6.37. The molecular weight excluding hydrogens is 258 g/mol. The summed E-state index contributed by atoms with van der Waals surface area (Å²) in [5.74, 6) is 0. The second-order valence-corrected chi connectivity index (χ2v) is 6.37. The van der Waals surface area contributed by atoms with Gasteiger partial charge in [0.1, 0.15) is 13.0 Å². The summed E-state index contributed by atoms with van der Waals surface area (Å²) in [6.07, 6.45) is 1.88. The minimum absolute atomic E-state index is 0.183. The van der Waals surface area contributed by atoms with E-state index in [0.717, 1.165) is 18.0 Å². The Kier molecular flexibility index (Phi) is 3.42. The Morgan fingerprint density at radius 3 is 2.14 bits per heavy atom. The molecule has 0 aliphatic carbocycles. The molecule has 0 fully saturated rings. The summed E-state index contributed by atoms with van der Waals surface area (Å²) in [6.45, 7) is 7.44. The van der Waals surface area contributed by atoms with Crippen molar-refractivity contribution in [3.8, 4) is 0 Å². The van der Waals surface area contributed by atoms with Crippen molar-refractivity contribution >= 4 is 17.7 Å². The number of benzene rings is 2. The molecule has 2 aromatic rings. The highest BCUT2D eigenvalue weighted by atomic mass is 15.6. The van der Waals surface area contributed by atoms with Gasteiger partial charge in [-0.1, -0.05) is 51.1 Å². The molecule has 21 heavy (non-hydrogen) atoms. The molecule has 108 valence electrons. The summed E-state index contributed by atoms with van der Waals surface area (Å²) >= 11 is 0. The Morgan fingerprint density at radius 2 is 1.52 bits per heavy atom. The molecule has 3 heteroatoms. The van der Waals surface area contributed by atoms with Gasteiger partial charge in [-0.2, -0.15) is 5.10 Å². The molecule has 0 saturated heterocycles. The van der Waals surface area contributed by atoms with Gasteiger partial charge in [0.15, 0.2) is 0 Å². The average molecular weight is 279 g/mol. The van der Waals surface area contributed by atoms with Crippen LogP contribution in [0.1, 0.15) is 26.3 Å². The maximum atomic E-state index is 4.49. The zero-order chi connectivity index (χ0) is 14.9. The van der Waals surface area contributed by atoms with E-state index in [-0.39, 0.29) is 5.41 Å². The monoisotopic (exact) mass is 279 g/mol. The summed E-state index contributed by atoms with van der Waals surface area (Å²) in [6, 6.07) is 19.0. The van der Waals surface area contributed by atoms with Crippen molar-refractivity contribution in [2.45, 2.75) is 26.2 Å². The van der Waals surface area contributed by atoms with Crippen LogP contribution < -0.4 is 9.91 Å². The predicted octanol–water partition coefficient (Wildman–Crippen LogP) is 4.21. The van der Waals surface area contributed by atoms with Gasteiger partial charge >= 0.3 is 0 Å². The number of hydrogen-bond acceptors (Lipinski definition) is 3. The highest BCUT2D eigenvalue weighted by Crippen LogP contribution is 2.26. The van der Waals surface area contributed by atoms with Crippen LogP contribution in [0.15, 0.2) is 59.7 Å². The van der Waals surface area contributed by atoms with Crippen molar-refractivity contribution in [3.63, 3.8) is 0 Å². The highest BCUT2D eigenvalue weighted by molar-refractivity contribution is 5.83. The van der Waals surface area contributed by atoms with Gasteiger partial charge in [-0.3, -0.25) is 0 Å². The fourth-order valence-corrected chi connectivity index (χ4v) is 2.39. The van der Waals surface area contributed by atoms with Crippen LogP contribution in [0.5, 0.6) is 0 Å². The lowest BCUT2D eigenvalue weighted by Crippen LogP contribution is -2.26. The highest BCUT2D eigenvalue weighted by Gasteiger charge is 2.18.